The molecule has 0 bridgehead atoms. The van der Waals surface area contributed by atoms with E-state index in [1.807, 2.05) is 19.9 Å². The molecule has 0 aliphatic rings. The molecule has 0 aliphatic heterocycles. The Morgan fingerprint density at radius 3 is 2.55 bits per heavy atom. The van der Waals surface area contributed by atoms with Gasteiger partial charge in [0.15, 0.2) is 0 Å². The van der Waals surface area contributed by atoms with Crippen molar-refractivity contribution < 1.29 is 0 Å². The number of nitrogen functional groups attached to an aromatic ring is 1. The van der Waals surface area contributed by atoms with Crippen molar-refractivity contribution in [1.82, 2.24) is 34.3 Å². The van der Waals surface area contributed by atoms with Crippen LogP contribution in [0.5, 0.6) is 0 Å². The molecule has 0 atom stereocenters. The van der Waals surface area contributed by atoms with Crippen LogP contribution in [-0.2, 0) is 0 Å². The van der Waals surface area contributed by atoms with Crippen LogP contribution in [0.4, 0.5) is 5.95 Å². The smallest absolute Gasteiger partial charge is 0.257 e. The van der Waals surface area contributed by atoms with Gasteiger partial charge in [-0.15, -0.1) is 0 Å². The van der Waals surface area contributed by atoms with Crippen LogP contribution in [0.3, 0.4) is 0 Å². The van der Waals surface area contributed by atoms with Gasteiger partial charge >= 0.3 is 0 Å². The molecule has 3 N–H and O–H groups in total. The van der Waals surface area contributed by atoms with Gasteiger partial charge < -0.3 is 0 Å². The third-order valence-electron chi connectivity index (χ3n) is 2.68. The van der Waals surface area contributed by atoms with Gasteiger partial charge in [-0.25, -0.2) is 15.5 Å². The quantitative estimate of drug-likeness (QED) is 0.515. The van der Waals surface area contributed by atoms with Gasteiger partial charge in [0.2, 0.25) is 11.9 Å². The number of nitrogens with zero attached hydrogens (tertiary/aromatic N) is 7. The van der Waals surface area contributed by atoms with Crippen molar-refractivity contribution in [1.29, 1.82) is 0 Å². The molecule has 0 spiro atoms. The van der Waals surface area contributed by atoms with Crippen molar-refractivity contribution in [3.8, 4) is 11.9 Å². The summed E-state index contributed by atoms with van der Waals surface area (Å²) in [5.41, 5.74) is 4.24. The number of nitrogens with two attached hydrogens (primary N) is 1. The van der Waals surface area contributed by atoms with Gasteiger partial charge in [-0.2, -0.15) is 20.1 Å². The van der Waals surface area contributed by atoms with Crippen molar-refractivity contribution >= 4 is 5.95 Å². The van der Waals surface area contributed by atoms with E-state index in [9.17, 15) is 0 Å². The molecule has 3 heterocycles. The molecule has 9 nitrogen and oxygen atoms in total. The van der Waals surface area contributed by atoms with E-state index < -0.39 is 0 Å². The normalized spacial score (nSPS) is 10.8. The molecule has 0 fully saturated rings. The van der Waals surface area contributed by atoms with E-state index in [0.29, 0.717) is 11.9 Å². The van der Waals surface area contributed by atoms with Crippen molar-refractivity contribution in [2.45, 2.75) is 13.8 Å². The summed E-state index contributed by atoms with van der Waals surface area (Å²) in [6.45, 7) is 3.83. The summed E-state index contributed by atoms with van der Waals surface area (Å²) in [5, 5.41) is 4.35. The number of hydrogen-bond acceptors (Lipinski definition) is 7. The first-order chi connectivity index (χ1) is 9.67. The van der Waals surface area contributed by atoms with Crippen LogP contribution in [0.2, 0.25) is 0 Å². The Hall–Kier alpha value is -2.81. The van der Waals surface area contributed by atoms with Crippen molar-refractivity contribution in [3.05, 3.63) is 36.2 Å². The van der Waals surface area contributed by atoms with E-state index in [2.05, 4.69) is 30.5 Å². The summed E-state index contributed by atoms with van der Waals surface area (Å²) < 4.78 is 3.30. The van der Waals surface area contributed by atoms with Crippen LogP contribution in [0.25, 0.3) is 11.9 Å². The first-order valence-electron chi connectivity index (χ1n) is 5.92. The summed E-state index contributed by atoms with van der Waals surface area (Å²) in [6, 6.07) is 1.94. The predicted molar refractivity (Wildman–Crippen MR) is 71.4 cm³/mol. The first kappa shape index (κ1) is 12.2. The monoisotopic (exact) mass is 271 g/mol. The molecule has 102 valence electrons. The Morgan fingerprint density at radius 2 is 1.95 bits per heavy atom. The van der Waals surface area contributed by atoms with Crippen molar-refractivity contribution in [2.24, 2.45) is 5.84 Å². The SMILES string of the molecule is Cc1cc(C)n(-c2nc(NN)nc(-n3ccnc3)n2)n1. The molecule has 0 saturated heterocycles. The van der Waals surface area contributed by atoms with Crippen molar-refractivity contribution in [2.75, 3.05) is 5.43 Å². The van der Waals surface area contributed by atoms with Crippen LogP contribution in [-0.4, -0.2) is 34.3 Å². The zero-order valence-corrected chi connectivity index (χ0v) is 11.0. The minimum atomic E-state index is 0.256. The van der Waals surface area contributed by atoms with E-state index in [-0.39, 0.29) is 5.95 Å². The predicted octanol–water partition coefficient (Wildman–Crippen LogP) is 0.145. The maximum absolute atomic E-state index is 5.40. The summed E-state index contributed by atoms with van der Waals surface area (Å²) in [5.74, 6) is 6.46. The van der Waals surface area contributed by atoms with E-state index in [1.165, 1.54) is 0 Å². The highest BCUT2D eigenvalue weighted by Crippen LogP contribution is 2.11. The van der Waals surface area contributed by atoms with Crippen LogP contribution in [0, 0.1) is 13.8 Å². The number of hydrogen-bond donors (Lipinski definition) is 2. The molecule has 0 amide bonds. The van der Waals surface area contributed by atoms with Gasteiger partial charge in [-0.1, -0.05) is 0 Å². The molecule has 0 aliphatic carbocycles. The van der Waals surface area contributed by atoms with Gasteiger partial charge in [-0.05, 0) is 19.9 Å². The zero-order valence-electron chi connectivity index (χ0n) is 11.0. The lowest BCUT2D eigenvalue weighted by Crippen LogP contribution is -2.16. The molecule has 3 aromatic heterocycles. The molecule has 3 aromatic rings. The van der Waals surface area contributed by atoms with Crippen molar-refractivity contribution in [3.63, 3.8) is 0 Å². The molecular weight excluding hydrogens is 258 g/mol. The fourth-order valence-corrected chi connectivity index (χ4v) is 1.84. The molecular formula is C11H13N9. The highest BCUT2D eigenvalue weighted by molar-refractivity contribution is 5.32. The maximum atomic E-state index is 5.40. The number of imidazole rings is 1. The molecule has 3 rings (SSSR count). The minimum Gasteiger partial charge on any atom is -0.292 e. The topological polar surface area (TPSA) is 112 Å². The molecule has 0 saturated carbocycles. The third kappa shape index (κ3) is 2.10. The second kappa shape index (κ2) is 4.70. The zero-order chi connectivity index (χ0) is 14.1. The fraction of sp³-hybridized carbons (Fsp3) is 0.182. The standard InChI is InChI=1S/C11H13N9/c1-7-5-8(2)20(18-7)11-15-9(17-12)14-10(16-11)19-4-3-13-6-19/h3-6H,12H2,1-2H3,(H,14,15,16,17). The summed E-state index contributed by atoms with van der Waals surface area (Å²) in [7, 11) is 0. The van der Waals surface area contributed by atoms with E-state index in [4.69, 9.17) is 5.84 Å². The highest BCUT2D eigenvalue weighted by Gasteiger charge is 2.12. The summed E-state index contributed by atoms with van der Waals surface area (Å²) in [6.07, 6.45) is 4.98. The second-order valence-corrected chi connectivity index (χ2v) is 4.21. The van der Waals surface area contributed by atoms with E-state index in [1.54, 1.807) is 28.0 Å². The number of nitrogens with one attached hydrogen (secondary N) is 1. The Kier molecular flexibility index (Phi) is 2.88. The lowest BCUT2D eigenvalue weighted by Gasteiger charge is -2.07. The van der Waals surface area contributed by atoms with Gasteiger partial charge in [-0.3, -0.25) is 9.99 Å². The minimum absolute atomic E-state index is 0.256. The van der Waals surface area contributed by atoms with Crippen LogP contribution >= 0.6 is 0 Å². The Morgan fingerprint density at radius 1 is 1.15 bits per heavy atom. The third-order valence-corrected chi connectivity index (χ3v) is 2.68. The second-order valence-electron chi connectivity index (χ2n) is 4.21. The number of aryl methyl sites for hydroxylation is 2. The summed E-state index contributed by atoms with van der Waals surface area (Å²) in [4.78, 5) is 16.7. The number of hydrazine groups is 1. The van der Waals surface area contributed by atoms with Crippen LogP contribution in [0.15, 0.2) is 24.8 Å². The number of aromatic nitrogens is 7. The van der Waals surface area contributed by atoms with Gasteiger partial charge in [0, 0.05) is 18.1 Å². The largest absolute Gasteiger partial charge is 0.292 e. The maximum Gasteiger partial charge on any atom is 0.257 e. The number of rotatable bonds is 3. The van der Waals surface area contributed by atoms with Gasteiger partial charge in [0.05, 0.1) is 5.69 Å². The highest BCUT2D eigenvalue weighted by atomic mass is 15.4. The lowest BCUT2D eigenvalue weighted by molar-refractivity contribution is 0.750. The molecule has 0 unspecified atom stereocenters. The molecule has 0 radical (unpaired) electrons. The molecule has 9 heteroatoms. The molecule has 20 heavy (non-hydrogen) atoms. The Balaban J connectivity index is 2.16. The lowest BCUT2D eigenvalue weighted by atomic mass is 10.4. The van der Waals surface area contributed by atoms with Gasteiger partial charge in [0.1, 0.15) is 6.33 Å². The fourth-order valence-electron chi connectivity index (χ4n) is 1.84. The molecule has 0 aromatic carbocycles. The van der Waals surface area contributed by atoms with E-state index in [0.717, 1.165) is 11.4 Å². The Labute approximate surface area is 114 Å². The van der Waals surface area contributed by atoms with Gasteiger partial charge in [0.25, 0.3) is 5.95 Å². The first-order valence-corrected chi connectivity index (χ1v) is 5.92. The summed E-state index contributed by atoms with van der Waals surface area (Å²) >= 11 is 0. The average molecular weight is 271 g/mol. The Bertz CT molecular complexity index is 728. The average Bonchev–Trinajstić information content (AvgIpc) is 3.08. The number of anilines is 1. The van der Waals surface area contributed by atoms with E-state index >= 15 is 0 Å². The van der Waals surface area contributed by atoms with Crippen LogP contribution in [0.1, 0.15) is 11.4 Å². The van der Waals surface area contributed by atoms with Crippen LogP contribution < -0.4 is 11.3 Å².